The number of nitrogens with one attached hydrogen (secondary N) is 1. The van der Waals surface area contributed by atoms with Gasteiger partial charge in [-0.15, -0.1) is 0 Å². The Morgan fingerprint density at radius 1 is 1.00 bits per heavy atom. The first-order valence-electron chi connectivity index (χ1n) is 6.09. The lowest BCUT2D eigenvalue weighted by molar-refractivity contribution is 0.299. The van der Waals surface area contributed by atoms with Gasteiger partial charge in [0.05, 0.1) is 4.90 Å². The standard InChI is InChI=1S/C14H13Cl2NO3S/c15-11-7-12(16)9-14(8-11)21(19,20)17-13-3-1-10(2-4-13)5-6-18/h1-4,7-9,17-18H,5-6H2. The second kappa shape index (κ2) is 6.66. The topological polar surface area (TPSA) is 66.4 Å². The molecule has 0 atom stereocenters. The number of rotatable bonds is 5. The molecule has 0 fully saturated rings. The molecule has 0 aliphatic rings. The Hall–Kier alpha value is -1.27. The van der Waals surface area contributed by atoms with E-state index >= 15 is 0 Å². The van der Waals surface area contributed by atoms with Gasteiger partial charge in [0.15, 0.2) is 0 Å². The van der Waals surface area contributed by atoms with Gasteiger partial charge in [-0.1, -0.05) is 35.3 Å². The molecule has 0 heterocycles. The van der Waals surface area contributed by atoms with E-state index < -0.39 is 10.0 Å². The molecular weight excluding hydrogens is 333 g/mol. The van der Waals surface area contributed by atoms with Crippen molar-refractivity contribution in [2.24, 2.45) is 0 Å². The minimum absolute atomic E-state index is 0.000523. The average Bonchev–Trinajstić information content (AvgIpc) is 2.40. The zero-order chi connectivity index (χ0) is 15.5. The number of anilines is 1. The summed E-state index contributed by atoms with van der Waals surface area (Å²) in [5.41, 5.74) is 1.35. The minimum atomic E-state index is -3.75. The maximum absolute atomic E-state index is 12.2. The van der Waals surface area contributed by atoms with E-state index in [9.17, 15) is 8.42 Å². The van der Waals surface area contributed by atoms with Crippen molar-refractivity contribution in [3.63, 3.8) is 0 Å². The number of hydrogen-bond acceptors (Lipinski definition) is 3. The van der Waals surface area contributed by atoms with Crippen LogP contribution in [0.25, 0.3) is 0 Å². The molecule has 0 unspecified atom stereocenters. The molecule has 0 aromatic heterocycles. The molecule has 112 valence electrons. The molecule has 2 aromatic carbocycles. The van der Waals surface area contributed by atoms with Crippen LogP contribution < -0.4 is 4.72 Å². The van der Waals surface area contributed by atoms with E-state index in [1.807, 2.05) is 0 Å². The number of aliphatic hydroxyl groups is 1. The first-order valence-corrected chi connectivity index (χ1v) is 8.33. The molecule has 0 aliphatic carbocycles. The number of aliphatic hydroxyl groups excluding tert-OH is 1. The van der Waals surface area contributed by atoms with Gasteiger partial charge in [-0.05, 0) is 42.3 Å². The van der Waals surface area contributed by atoms with Gasteiger partial charge < -0.3 is 5.11 Å². The van der Waals surface area contributed by atoms with Crippen molar-refractivity contribution < 1.29 is 13.5 Å². The second-order valence-electron chi connectivity index (χ2n) is 4.38. The van der Waals surface area contributed by atoms with Gasteiger partial charge >= 0.3 is 0 Å². The summed E-state index contributed by atoms with van der Waals surface area (Å²) in [7, 11) is -3.75. The zero-order valence-electron chi connectivity index (χ0n) is 10.9. The van der Waals surface area contributed by atoms with Crippen LogP contribution in [0.2, 0.25) is 10.0 Å². The maximum Gasteiger partial charge on any atom is 0.261 e. The van der Waals surface area contributed by atoms with Crippen molar-refractivity contribution in [1.82, 2.24) is 0 Å². The van der Waals surface area contributed by atoms with Gasteiger partial charge in [-0.2, -0.15) is 0 Å². The molecular formula is C14H13Cl2NO3S. The van der Waals surface area contributed by atoms with Crippen LogP contribution in [0.1, 0.15) is 5.56 Å². The fourth-order valence-corrected chi connectivity index (χ4v) is 3.55. The van der Waals surface area contributed by atoms with Gasteiger partial charge in [-0.25, -0.2) is 8.42 Å². The lowest BCUT2D eigenvalue weighted by Crippen LogP contribution is -2.13. The maximum atomic E-state index is 12.2. The molecule has 7 heteroatoms. The molecule has 0 saturated heterocycles. The molecule has 0 spiro atoms. The molecule has 0 radical (unpaired) electrons. The first-order chi connectivity index (χ1) is 9.90. The third-order valence-electron chi connectivity index (χ3n) is 2.75. The van der Waals surface area contributed by atoms with Crippen molar-refractivity contribution in [1.29, 1.82) is 0 Å². The number of benzene rings is 2. The van der Waals surface area contributed by atoms with E-state index in [0.717, 1.165) is 5.56 Å². The van der Waals surface area contributed by atoms with Crippen molar-refractivity contribution >= 4 is 38.9 Å². The summed E-state index contributed by atoms with van der Waals surface area (Å²) in [6.07, 6.45) is 0.525. The monoisotopic (exact) mass is 345 g/mol. The fraction of sp³-hybridized carbons (Fsp3) is 0.143. The van der Waals surface area contributed by atoms with E-state index in [1.54, 1.807) is 24.3 Å². The molecule has 0 amide bonds. The van der Waals surface area contributed by atoms with Gasteiger partial charge in [-0.3, -0.25) is 4.72 Å². The van der Waals surface area contributed by atoms with Crippen LogP contribution in [0.4, 0.5) is 5.69 Å². The Bertz CT molecular complexity index is 710. The second-order valence-corrected chi connectivity index (χ2v) is 6.94. The van der Waals surface area contributed by atoms with Crippen LogP contribution in [-0.2, 0) is 16.4 Å². The van der Waals surface area contributed by atoms with Crippen molar-refractivity contribution in [3.8, 4) is 0 Å². The third kappa shape index (κ3) is 4.35. The Labute approximate surface area is 133 Å². The lowest BCUT2D eigenvalue weighted by atomic mass is 10.1. The average molecular weight is 346 g/mol. The number of halogens is 2. The third-order valence-corrected chi connectivity index (χ3v) is 4.55. The molecule has 21 heavy (non-hydrogen) atoms. The number of hydrogen-bond donors (Lipinski definition) is 2. The quantitative estimate of drug-likeness (QED) is 0.873. The summed E-state index contributed by atoms with van der Waals surface area (Å²) in [5, 5.41) is 9.34. The Morgan fingerprint density at radius 3 is 2.10 bits per heavy atom. The molecule has 2 N–H and O–H groups in total. The summed E-state index contributed by atoms with van der Waals surface area (Å²) in [5.74, 6) is 0. The van der Waals surface area contributed by atoms with E-state index in [1.165, 1.54) is 18.2 Å². The lowest BCUT2D eigenvalue weighted by Gasteiger charge is -2.09. The summed E-state index contributed by atoms with van der Waals surface area (Å²) >= 11 is 11.6. The molecule has 0 aliphatic heterocycles. The summed E-state index contributed by atoms with van der Waals surface area (Å²) in [4.78, 5) is -0.000523. The summed E-state index contributed by atoms with van der Waals surface area (Å²) in [6, 6.07) is 10.9. The van der Waals surface area contributed by atoms with Crippen molar-refractivity contribution in [2.75, 3.05) is 11.3 Å². The Morgan fingerprint density at radius 2 is 1.57 bits per heavy atom. The van der Waals surface area contributed by atoms with Gasteiger partial charge in [0, 0.05) is 22.3 Å². The van der Waals surface area contributed by atoms with Crippen LogP contribution in [0, 0.1) is 0 Å². The molecule has 2 rings (SSSR count). The Kier molecular flexibility index (Phi) is 5.11. The van der Waals surface area contributed by atoms with Crippen LogP contribution in [0.3, 0.4) is 0 Å². The highest BCUT2D eigenvalue weighted by Gasteiger charge is 2.15. The number of sulfonamides is 1. The molecule has 0 saturated carbocycles. The Balaban J connectivity index is 2.24. The van der Waals surface area contributed by atoms with E-state index in [-0.39, 0.29) is 21.5 Å². The normalized spacial score (nSPS) is 11.4. The molecule has 2 aromatic rings. The summed E-state index contributed by atoms with van der Waals surface area (Å²) in [6.45, 7) is 0.0477. The van der Waals surface area contributed by atoms with Crippen molar-refractivity contribution in [3.05, 3.63) is 58.1 Å². The SMILES string of the molecule is O=S(=O)(Nc1ccc(CCO)cc1)c1cc(Cl)cc(Cl)c1. The summed E-state index contributed by atoms with van der Waals surface area (Å²) < 4.78 is 26.9. The first kappa shape index (κ1) is 16.1. The van der Waals surface area contributed by atoms with Crippen LogP contribution in [0.5, 0.6) is 0 Å². The minimum Gasteiger partial charge on any atom is -0.396 e. The van der Waals surface area contributed by atoms with E-state index in [4.69, 9.17) is 28.3 Å². The van der Waals surface area contributed by atoms with E-state index in [2.05, 4.69) is 4.72 Å². The van der Waals surface area contributed by atoms with Crippen molar-refractivity contribution in [2.45, 2.75) is 11.3 Å². The predicted octanol–water partition coefficient (Wildman–Crippen LogP) is 3.33. The highest BCUT2D eigenvalue weighted by atomic mass is 35.5. The highest BCUT2D eigenvalue weighted by molar-refractivity contribution is 7.92. The molecule has 4 nitrogen and oxygen atoms in total. The van der Waals surface area contributed by atoms with Crippen LogP contribution in [-0.4, -0.2) is 20.1 Å². The predicted molar refractivity (Wildman–Crippen MR) is 84.5 cm³/mol. The van der Waals surface area contributed by atoms with E-state index in [0.29, 0.717) is 12.1 Å². The van der Waals surface area contributed by atoms with Crippen LogP contribution in [0.15, 0.2) is 47.4 Å². The fourth-order valence-electron chi connectivity index (χ4n) is 1.77. The van der Waals surface area contributed by atoms with Gasteiger partial charge in [0.25, 0.3) is 10.0 Å². The smallest absolute Gasteiger partial charge is 0.261 e. The van der Waals surface area contributed by atoms with Crippen LogP contribution >= 0.6 is 23.2 Å². The largest absolute Gasteiger partial charge is 0.396 e. The van der Waals surface area contributed by atoms with Gasteiger partial charge in [0.1, 0.15) is 0 Å². The van der Waals surface area contributed by atoms with Gasteiger partial charge in [0.2, 0.25) is 0 Å². The highest BCUT2D eigenvalue weighted by Crippen LogP contribution is 2.24. The molecule has 0 bridgehead atoms. The zero-order valence-corrected chi connectivity index (χ0v) is 13.2.